The van der Waals surface area contributed by atoms with Crippen LogP contribution in [-0.4, -0.2) is 36.2 Å². The van der Waals surface area contributed by atoms with Gasteiger partial charge < -0.3 is 10.4 Å². The smallest absolute Gasteiger partial charge is 0.120 e. The van der Waals surface area contributed by atoms with Crippen LogP contribution in [0.2, 0.25) is 0 Å². The highest BCUT2D eigenvalue weighted by Gasteiger charge is 2.19. The molecule has 1 aromatic carbocycles. The Bertz CT molecular complexity index is 321. The molecule has 82 valence electrons. The lowest BCUT2D eigenvalue weighted by Crippen LogP contribution is -2.44. The van der Waals surface area contributed by atoms with Gasteiger partial charge in [-0.3, -0.25) is 4.90 Å². The van der Waals surface area contributed by atoms with Crippen LogP contribution < -0.4 is 5.32 Å². The highest BCUT2D eigenvalue weighted by Crippen LogP contribution is 2.27. The monoisotopic (exact) mass is 206 g/mol. The third kappa shape index (κ3) is 2.30. The van der Waals surface area contributed by atoms with Gasteiger partial charge in [-0.2, -0.15) is 0 Å². The molecule has 15 heavy (non-hydrogen) atoms. The summed E-state index contributed by atoms with van der Waals surface area (Å²) in [6.07, 6.45) is 0. The molecule has 1 fully saturated rings. The first-order valence-electron chi connectivity index (χ1n) is 5.51. The van der Waals surface area contributed by atoms with Gasteiger partial charge in [0.05, 0.1) is 0 Å². The number of rotatable bonds is 2. The molecule has 2 rings (SSSR count). The van der Waals surface area contributed by atoms with Crippen molar-refractivity contribution < 1.29 is 5.11 Å². The van der Waals surface area contributed by atoms with Crippen LogP contribution in [0.5, 0.6) is 5.75 Å². The molecule has 1 aliphatic rings. The van der Waals surface area contributed by atoms with E-state index in [4.69, 9.17) is 0 Å². The molecule has 1 aromatic rings. The Morgan fingerprint density at radius 3 is 2.60 bits per heavy atom. The van der Waals surface area contributed by atoms with E-state index in [2.05, 4.69) is 17.1 Å². The highest BCUT2D eigenvalue weighted by molar-refractivity contribution is 5.34. The molecule has 0 bridgehead atoms. The first kappa shape index (κ1) is 10.5. The normalized spacial score (nSPS) is 20.1. The molecule has 1 atom stereocenters. The summed E-state index contributed by atoms with van der Waals surface area (Å²) < 4.78 is 0. The van der Waals surface area contributed by atoms with Gasteiger partial charge in [-0.25, -0.2) is 0 Å². The van der Waals surface area contributed by atoms with E-state index in [9.17, 15) is 5.11 Å². The number of hydrogen-bond acceptors (Lipinski definition) is 3. The maximum Gasteiger partial charge on any atom is 0.120 e. The molecule has 0 saturated carbocycles. The summed E-state index contributed by atoms with van der Waals surface area (Å²) in [5.41, 5.74) is 1.03. The summed E-state index contributed by atoms with van der Waals surface area (Å²) in [5.74, 6) is 0.406. The van der Waals surface area contributed by atoms with Crippen LogP contribution in [0, 0.1) is 0 Å². The van der Waals surface area contributed by atoms with Gasteiger partial charge in [-0.05, 0) is 13.0 Å². The maximum atomic E-state index is 9.77. The van der Waals surface area contributed by atoms with E-state index in [-0.39, 0.29) is 0 Å². The molecule has 1 saturated heterocycles. The van der Waals surface area contributed by atoms with Gasteiger partial charge in [0.1, 0.15) is 5.75 Å². The van der Waals surface area contributed by atoms with Crippen molar-refractivity contribution in [2.24, 2.45) is 0 Å². The van der Waals surface area contributed by atoms with Crippen LogP contribution >= 0.6 is 0 Å². The molecule has 1 heterocycles. The van der Waals surface area contributed by atoms with Gasteiger partial charge in [0, 0.05) is 37.8 Å². The number of phenols is 1. The number of phenolic OH excluding ortho intramolecular Hbond substituents is 1. The number of nitrogens with one attached hydrogen (secondary N) is 1. The molecule has 0 spiro atoms. The fraction of sp³-hybridized carbons (Fsp3) is 0.500. The van der Waals surface area contributed by atoms with Gasteiger partial charge >= 0.3 is 0 Å². The van der Waals surface area contributed by atoms with E-state index in [0.29, 0.717) is 11.8 Å². The molecular formula is C12H18N2O. The maximum absolute atomic E-state index is 9.77. The van der Waals surface area contributed by atoms with Crippen LogP contribution in [0.4, 0.5) is 0 Å². The SMILES string of the molecule is C[C@@H](c1ccccc1O)N1CCNCC1. The highest BCUT2D eigenvalue weighted by atomic mass is 16.3. The number of piperazine rings is 1. The first-order chi connectivity index (χ1) is 7.29. The Kier molecular flexibility index (Phi) is 3.23. The first-order valence-corrected chi connectivity index (χ1v) is 5.51. The molecule has 0 aliphatic carbocycles. The molecule has 1 aliphatic heterocycles. The van der Waals surface area contributed by atoms with E-state index in [1.807, 2.05) is 18.2 Å². The Morgan fingerprint density at radius 1 is 1.27 bits per heavy atom. The molecule has 0 aromatic heterocycles. The Labute approximate surface area is 90.7 Å². The number of hydrogen-bond donors (Lipinski definition) is 2. The predicted octanol–water partition coefficient (Wildman–Crippen LogP) is 1.36. The van der Waals surface area contributed by atoms with Crippen molar-refractivity contribution >= 4 is 0 Å². The Hall–Kier alpha value is -1.06. The number of aromatic hydroxyl groups is 1. The van der Waals surface area contributed by atoms with Crippen molar-refractivity contribution in [3.63, 3.8) is 0 Å². The van der Waals surface area contributed by atoms with E-state index < -0.39 is 0 Å². The zero-order chi connectivity index (χ0) is 10.7. The lowest BCUT2D eigenvalue weighted by molar-refractivity contribution is 0.183. The summed E-state index contributed by atoms with van der Waals surface area (Å²) in [5, 5.41) is 13.1. The minimum atomic E-state index is 0.299. The number of nitrogens with zero attached hydrogens (tertiary/aromatic N) is 1. The summed E-state index contributed by atoms with van der Waals surface area (Å²) in [6.45, 7) is 6.33. The average molecular weight is 206 g/mol. The second-order valence-electron chi connectivity index (χ2n) is 4.02. The van der Waals surface area contributed by atoms with Gasteiger partial charge in [0.2, 0.25) is 0 Å². The fourth-order valence-corrected chi connectivity index (χ4v) is 2.11. The topological polar surface area (TPSA) is 35.5 Å². The Morgan fingerprint density at radius 2 is 1.93 bits per heavy atom. The lowest BCUT2D eigenvalue weighted by Gasteiger charge is -2.33. The van der Waals surface area contributed by atoms with Crippen LogP contribution in [-0.2, 0) is 0 Å². The molecule has 3 heteroatoms. The van der Waals surface area contributed by atoms with Crippen molar-refractivity contribution in [3.8, 4) is 5.75 Å². The predicted molar refractivity (Wildman–Crippen MR) is 61.0 cm³/mol. The van der Waals surface area contributed by atoms with Crippen molar-refractivity contribution in [1.82, 2.24) is 10.2 Å². The van der Waals surface area contributed by atoms with E-state index in [1.165, 1.54) is 0 Å². The number of para-hydroxylation sites is 1. The van der Waals surface area contributed by atoms with Gasteiger partial charge in [0.15, 0.2) is 0 Å². The largest absolute Gasteiger partial charge is 0.508 e. The minimum Gasteiger partial charge on any atom is -0.508 e. The average Bonchev–Trinajstić information content (AvgIpc) is 2.30. The van der Waals surface area contributed by atoms with Gasteiger partial charge in [-0.1, -0.05) is 18.2 Å². The van der Waals surface area contributed by atoms with E-state index >= 15 is 0 Å². The van der Waals surface area contributed by atoms with E-state index in [1.54, 1.807) is 6.07 Å². The van der Waals surface area contributed by atoms with Crippen molar-refractivity contribution in [2.75, 3.05) is 26.2 Å². The summed E-state index contributed by atoms with van der Waals surface area (Å²) in [4.78, 5) is 2.39. The standard InChI is InChI=1S/C12H18N2O/c1-10(14-8-6-13-7-9-14)11-4-2-3-5-12(11)15/h2-5,10,13,15H,6-9H2,1H3/t10-/m0/s1. The molecule has 0 radical (unpaired) electrons. The minimum absolute atomic E-state index is 0.299. The third-order valence-corrected chi connectivity index (χ3v) is 3.09. The molecule has 0 amide bonds. The second kappa shape index (κ2) is 4.64. The van der Waals surface area contributed by atoms with Gasteiger partial charge in [-0.15, -0.1) is 0 Å². The van der Waals surface area contributed by atoms with Crippen molar-refractivity contribution in [1.29, 1.82) is 0 Å². The van der Waals surface area contributed by atoms with Crippen molar-refractivity contribution in [3.05, 3.63) is 29.8 Å². The van der Waals surface area contributed by atoms with Crippen LogP contribution in [0.1, 0.15) is 18.5 Å². The lowest BCUT2D eigenvalue weighted by atomic mass is 10.1. The summed E-state index contributed by atoms with van der Waals surface area (Å²) in [6, 6.07) is 7.90. The quantitative estimate of drug-likeness (QED) is 0.767. The summed E-state index contributed by atoms with van der Waals surface area (Å²) in [7, 11) is 0. The summed E-state index contributed by atoms with van der Waals surface area (Å²) >= 11 is 0. The van der Waals surface area contributed by atoms with Crippen LogP contribution in [0.25, 0.3) is 0 Å². The van der Waals surface area contributed by atoms with Crippen LogP contribution in [0.15, 0.2) is 24.3 Å². The molecule has 2 N–H and O–H groups in total. The zero-order valence-electron chi connectivity index (χ0n) is 9.11. The van der Waals surface area contributed by atoms with Crippen LogP contribution in [0.3, 0.4) is 0 Å². The van der Waals surface area contributed by atoms with E-state index in [0.717, 1.165) is 31.7 Å². The fourth-order valence-electron chi connectivity index (χ4n) is 2.11. The molecular weight excluding hydrogens is 188 g/mol. The third-order valence-electron chi connectivity index (χ3n) is 3.09. The zero-order valence-corrected chi connectivity index (χ0v) is 9.11. The van der Waals surface area contributed by atoms with Crippen molar-refractivity contribution in [2.45, 2.75) is 13.0 Å². The number of benzene rings is 1. The molecule has 0 unspecified atom stereocenters. The molecule has 3 nitrogen and oxygen atoms in total. The Balaban J connectivity index is 2.12. The van der Waals surface area contributed by atoms with Gasteiger partial charge in [0.25, 0.3) is 0 Å². The second-order valence-corrected chi connectivity index (χ2v) is 4.02.